The van der Waals surface area contributed by atoms with E-state index in [9.17, 15) is 14.7 Å². The number of carbonyl (C=O) groups excluding carboxylic acids is 2. The van der Waals surface area contributed by atoms with Crippen molar-refractivity contribution in [1.29, 1.82) is 0 Å². The summed E-state index contributed by atoms with van der Waals surface area (Å²) in [5.74, 6) is -2.79. The molecule has 3 nitrogen and oxygen atoms in total. The fourth-order valence-electron chi connectivity index (χ4n) is 0.387. The van der Waals surface area contributed by atoms with E-state index in [1.807, 2.05) is 0 Å². The molecule has 10 heavy (non-hydrogen) atoms. The number of rotatable bonds is 3. The van der Waals surface area contributed by atoms with Crippen LogP contribution in [0.25, 0.3) is 0 Å². The Morgan fingerprint density at radius 3 is 2.00 bits per heavy atom. The third kappa shape index (κ3) is 4.04. The van der Waals surface area contributed by atoms with Crippen LogP contribution in [0.3, 0.4) is 0 Å². The quantitative estimate of drug-likeness (QED) is 0.240. The minimum absolute atomic E-state index is 0. The van der Waals surface area contributed by atoms with Crippen LogP contribution in [-0.4, -0.2) is 11.8 Å². The molecule has 0 heterocycles. The first kappa shape index (κ1) is 12.8. The number of carboxylic acids is 1. The van der Waals surface area contributed by atoms with Gasteiger partial charge in [-0.25, -0.2) is 0 Å². The van der Waals surface area contributed by atoms with Crippen molar-refractivity contribution in [3.63, 3.8) is 0 Å². The van der Waals surface area contributed by atoms with Crippen LogP contribution in [-0.2, 0) is 9.59 Å². The van der Waals surface area contributed by atoms with Gasteiger partial charge in [-0.2, -0.15) is 0 Å². The standard InChI is InChI=1S/C6H10O3.Na/c1-3-4(2)5(7)6(8)9;/h4H,3H2,1-2H3,(H,8,9);/q;+1/p-1/i2+1,5+1,6+1;. The van der Waals surface area contributed by atoms with Crippen molar-refractivity contribution < 1.29 is 44.3 Å². The molecular formula is C6H9NaO3. The molecule has 0 N–H and O–H groups in total. The summed E-state index contributed by atoms with van der Waals surface area (Å²) in [6, 6.07) is 0. The SMILES string of the molecule is CCC([13CH3])[13C](=O)[13C](=O)[O-].[Na+]. The molecule has 0 aromatic carbocycles. The van der Waals surface area contributed by atoms with E-state index < -0.39 is 17.7 Å². The van der Waals surface area contributed by atoms with E-state index in [0.29, 0.717) is 6.42 Å². The van der Waals surface area contributed by atoms with Crippen LogP contribution in [0.4, 0.5) is 0 Å². The number of ketones is 1. The average Bonchev–Trinajstić information content (AvgIpc) is 1.84. The van der Waals surface area contributed by atoms with E-state index in [-0.39, 0.29) is 29.6 Å². The van der Waals surface area contributed by atoms with Crippen LogP contribution in [0.15, 0.2) is 0 Å². The van der Waals surface area contributed by atoms with E-state index in [2.05, 4.69) is 0 Å². The largest absolute Gasteiger partial charge is 1.00 e. The summed E-state index contributed by atoms with van der Waals surface area (Å²) in [6.07, 6.45) is 0.548. The van der Waals surface area contributed by atoms with Crippen LogP contribution < -0.4 is 34.7 Å². The minimum atomic E-state index is -1.58. The van der Waals surface area contributed by atoms with Gasteiger partial charge >= 0.3 is 29.6 Å². The first-order chi connectivity index (χ1) is 4.09. The second-order valence-electron chi connectivity index (χ2n) is 1.96. The number of aliphatic carboxylic acids is 1. The Labute approximate surface area is 82.1 Å². The smallest absolute Gasteiger partial charge is 0.542 e. The molecule has 0 spiro atoms. The summed E-state index contributed by atoms with van der Waals surface area (Å²) in [4.78, 5) is 20.3. The van der Waals surface area contributed by atoms with Crippen molar-refractivity contribution >= 4 is 11.8 Å². The summed E-state index contributed by atoms with van der Waals surface area (Å²) in [6.45, 7) is 3.32. The molecule has 0 amide bonds. The van der Waals surface area contributed by atoms with E-state index in [4.69, 9.17) is 0 Å². The zero-order valence-electron chi connectivity index (χ0n) is 6.51. The van der Waals surface area contributed by atoms with Gasteiger partial charge in [-0.05, 0) is 6.42 Å². The third-order valence-corrected chi connectivity index (χ3v) is 1.26. The molecule has 0 aliphatic heterocycles. The van der Waals surface area contributed by atoms with Crippen molar-refractivity contribution in [3.05, 3.63) is 0 Å². The molecule has 0 aliphatic carbocycles. The second-order valence-corrected chi connectivity index (χ2v) is 1.96. The van der Waals surface area contributed by atoms with Gasteiger partial charge in [0.2, 0.25) is 0 Å². The van der Waals surface area contributed by atoms with Gasteiger partial charge in [0, 0.05) is 5.92 Å². The molecule has 0 saturated carbocycles. The Hall–Kier alpha value is 0.140. The normalized spacial score (nSPS) is 11.4. The molecule has 52 valence electrons. The Morgan fingerprint density at radius 1 is 1.50 bits per heavy atom. The molecule has 0 radical (unpaired) electrons. The van der Waals surface area contributed by atoms with Gasteiger partial charge in [0.05, 0.1) is 0 Å². The van der Waals surface area contributed by atoms with Crippen molar-refractivity contribution in [2.75, 3.05) is 0 Å². The molecule has 0 bridgehead atoms. The zero-order valence-corrected chi connectivity index (χ0v) is 8.51. The van der Waals surface area contributed by atoms with Crippen molar-refractivity contribution in [1.82, 2.24) is 0 Å². The maximum Gasteiger partial charge on any atom is 1.00 e. The molecule has 0 fully saturated rings. The molecule has 1 unspecified atom stereocenters. The number of Topliss-reactive ketones (excluding diaryl/α,β-unsaturated/α-hetero) is 1. The molecule has 4 heteroatoms. The van der Waals surface area contributed by atoms with Crippen LogP contribution in [0.1, 0.15) is 20.3 Å². The Bertz CT molecular complexity index is 133. The molecule has 0 aromatic heterocycles. The molecular weight excluding hydrogens is 146 g/mol. The van der Waals surface area contributed by atoms with Gasteiger partial charge in [0.1, 0.15) is 5.97 Å². The maximum absolute atomic E-state index is 10.4. The number of carbonyl (C=O) groups is 2. The maximum atomic E-state index is 10.4. The first-order valence-electron chi connectivity index (χ1n) is 2.84. The molecule has 0 aromatic rings. The van der Waals surface area contributed by atoms with Gasteiger partial charge < -0.3 is 9.90 Å². The zero-order chi connectivity index (χ0) is 7.44. The minimum Gasteiger partial charge on any atom is -0.542 e. The molecule has 1 atom stereocenters. The van der Waals surface area contributed by atoms with Crippen molar-refractivity contribution in [3.8, 4) is 0 Å². The van der Waals surface area contributed by atoms with Crippen LogP contribution in [0.5, 0.6) is 0 Å². The number of hydrogen-bond donors (Lipinski definition) is 0. The summed E-state index contributed by atoms with van der Waals surface area (Å²) in [5, 5.41) is 9.84. The summed E-state index contributed by atoms with van der Waals surface area (Å²) in [5.41, 5.74) is 0. The summed E-state index contributed by atoms with van der Waals surface area (Å²) >= 11 is 0. The van der Waals surface area contributed by atoms with Crippen LogP contribution in [0, 0.1) is 5.92 Å². The van der Waals surface area contributed by atoms with E-state index in [1.165, 1.54) is 0 Å². The molecule has 0 aliphatic rings. The Morgan fingerprint density at radius 2 is 1.90 bits per heavy atom. The predicted octanol–water partition coefficient (Wildman–Crippen LogP) is -3.64. The van der Waals surface area contributed by atoms with E-state index >= 15 is 0 Å². The van der Waals surface area contributed by atoms with Crippen molar-refractivity contribution in [2.24, 2.45) is 5.92 Å². The molecule has 0 rings (SSSR count). The van der Waals surface area contributed by atoms with Gasteiger partial charge in [0.25, 0.3) is 0 Å². The number of hydrogen-bond acceptors (Lipinski definition) is 3. The van der Waals surface area contributed by atoms with Crippen molar-refractivity contribution in [2.45, 2.75) is 20.3 Å². The molecule has 0 saturated heterocycles. The van der Waals surface area contributed by atoms with Gasteiger partial charge in [-0.1, -0.05) is 13.8 Å². The van der Waals surface area contributed by atoms with E-state index in [0.717, 1.165) is 0 Å². The second kappa shape index (κ2) is 5.89. The summed E-state index contributed by atoms with van der Waals surface area (Å²) < 4.78 is 0. The van der Waals surface area contributed by atoms with Crippen LogP contribution >= 0.6 is 0 Å². The monoisotopic (exact) mass is 155 g/mol. The third-order valence-electron chi connectivity index (χ3n) is 1.26. The predicted molar refractivity (Wildman–Crippen MR) is 29.5 cm³/mol. The topological polar surface area (TPSA) is 57.2 Å². The van der Waals surface area contributed by atoms with Gasteiger partial charge in [-0.15, -0.1) is 0 Å². The fourth-order valence-corrected chi connectivity index (χ4v) is 0.387. The number of carboxylic acid groups (broad SMARTS) is 1. The van der Waals surface area contributed by atoms with Gasteiger partial charge in [-0.3, -0.25) is 4.79 Å². The Balaban J connectivity index is 0. The summed E-state index contributed by atoms with van der Waals surface area (Å²) in [7, 11) is 0. The Kier molecular flexibility index (Phi) is 7.53. The van der Waals surface area contributed by atoms with E-state index in [1.54, 1.807) is 13.8 Å². The fraction of sp³-hybridized carbons (Fsp3) is 0.667. The first-order valence-corrected chi connectivity index (χ1v) is 2.84. The van der Waals surface area contributed by atoms with Crippen LogP contribution in [0.2, 0.25) is 0 Å². The average molecular weight is 155 g/mol. The van der Waals surface area contributed by atoms with Gasteiger partial charge in [0.15, 0.2) is 5.78 Å².